The number of alkyl halides is 3. The van der Waals surface area contributed by atoms with Gasteiger partial charge in [0, 0.05) is 24.5 Å². The van der Waals surface area contributed by atoms with Crippen molar-refractivity contribution in [2.24, 2.45) is 0 Å². The van der Waals surface area contributed by atoms with Gasteiger partial charge in [0.2, 0.25) is 0 Å². The standard InChI is InChI=1S/C21H17F3N4O/c1-14-4-3-5-16(12-14)27(2)19-10-11-25-20-18(13-26-28(19)20)15-6-8-17(9-7-15)29-21(22,23)24/h3-13H,1-2H3. The Morgan fingerprint density at radius 1 is 1.03 bits per heavy atom. The molecule has 0 saturated carbocycles. The fraction of sp³-hybridized carbons (Fsp3) is 0.143. The van der Waals surface area contributed by atoms with Crippen LogP contribution in [0.15, 0.2) is 67.0 Å². The number of benzene rings is 2. The van der Waals surface area contributed by atoms with Crippen molar-refractivity contribution >= 4 is 17.2 Å². The van der Waals surface area contributed by atoms with Crippen molar-refractivity contribution in [3.8, 4) is 16.9 Å². The van der Waals surface area contributed by atoms with Gasteiger partial charge in [-0.15, -0.1) is 13.2 Å². The minimum absolute atomic E-state index is 0.273. The van der Waals surface area contributed by atoms with E-state index in [1.165, 1.54) is 12.1 Å². The van der Waals surface area contributed by atoms with E-state index >= 15 is 0 Å². The number of hydrogen-bond acceptors (Lipinski definition) is 4. The Bertz CT molecular complexity index is 1150. The van der Waals surface area contributed by atoms with E-state index in [1.807, 2.05) is 43.1 Å². The second-order valence-corrected chi connectivity index (χ2v) is 6.57. The lowest BCUT2D eigenvalue weighted by molar-refractivity contribution is -0.274. The van der Waals surface area contributed by atoms with Gasteiger partial charge in [0.15, 0.2) is 5.65 Å². The zero-order chi connectivity index (χ0) is 20.6. The molecule has 8 heteroatoms. The molecular formula is C21H17F3N4O. The molecule has 0 amide bonds. The van der Waals surface area contributed by atoms with Gasteiger partial charge in [-0.1, -0.05) is 24.3 Å². The van der Waals surface area contributed by atoms with Crippen LogP contribution >= 0.6 is 0 Å². The van der Waals surface area contributed by atoms with Gasteiger partial charge in [0.25, 0.3) is 0 Å². The summed E-state index contributed by atoms with van der Waals surface area (Å²) >= 11 is 0. The van der Waals surface area contributed by atoms with Gasteiger partial charge in [0.05, 0.1) is 6.20 Å². The van der Waals surface area contributed by atoms with Gasteiger partial charge in [-0.05, 0) is 48.4 Å². The maximum atomic E-state index is 12.4. The quantitative estimate of drug-likeness (QED) is 0.463. The van der Waals surface area contributed by atoms with E-state index < -0.39 is 6.36 Å². The molecule has 29 heavy (non-hydrogen) atoms. The summed E-state index contributed by atoms with van der Waals surface area (Å²) in [7, 11) is 1.94. The zero-order valence-corrected chi connectivity index (χ0v) is 15.7. The Balaban J connectivity index is 1.71. The van der Waals surface area contributed by atoms with E-state index in [-0.39, 0.29) is 5.75 Å². The molecule has 4 aromatic rings. The van der Waals surface area contributed by atoms with E-state index in [2.05, 4.69) is 20.9 Å². The number of halogens is 3. The topological polar surface area (TPSA) is 42.7 Å². The smallest absolute Gasteiger partial charge is 0.406 e. The third-order valence-corrected chi connectivity index (χ3v) is 4.51. The first-order chi connectivity index (χ1) is 13.8. The summed E-state index contributed by atoms with van der Waals surface area (Å²) in [6.07, 6.45) is -1.39. The third kappa shape index (κ3) is 3.87. The van der Waals surface area contributed by atoms with Gasteiger partial charge in [-0.25, -0.2) is 4.98 Å². The van der Waals surface area contributed by atoms with Crippen LogP contribution in [0.3, 0.4) is 0 Å². The summed E-state index contributed by atoms with van der Waals surface area (Å²) in [4.78, 5) is 6.41. The second-order valence-electron chi connectivity index (χ2n) is 6.57. The molecule has 2 aromatic carbocycles. The van der Waals surface area contributed by atoms with Crippen molar-refractivity contribution in [2.75, 3.05) is 11.9 Å². The Morgan fingerprint density at radius 2 is 1.79 bits per heavy atom. The number of aromatic nitrogens is 3. The summed E-state index contributed by atoms with van der Waals surface area (Å²) in [5, 5.41) is 4.45. The van der Waals surface area contributed by atoms with Crippen molar-refractivity contribution in [3.05, 3.63) is 72.6 Å². The van der Waals surface area contributed by atoms with E-state index in [1.54, 1.807) is 29.0 Å². The molecule has 0 aliphatic carbocycles. The molecule has 0 radical (unpaired) electrons. The number of rotatable bonds is 4. The number of anilines is 2. The summed E-state index contributed by atoms with van der Waals surface area (Å²) in [6, 6.07) is 15.6. The predicted octanol–water partition coefficient (Wildman–Crippen LogP) is 5.37. The molecule has 148 valence electrons. The van der Waals surface area contributed by atoms with Gasteiger partial charge in [0.1, 0.15) is 11.6 Å². The van der Waals surface area contributed by atoms with E-state index in [0.717, 1.165) is 17.1 Å². The molecule has 4 rings (SSSR count). The van der Waals surface area contributed by atoms with Gasteiger partial charge in [-0.2, -0.15) is 9.61 Å². The molecule has 0 atom stereocenters. The molecule has 2 heterocycles. The largest absolute Gasteiger partial charge is 0.573 e. The molecule has 0 unspecified atom stereocenters. The summed E-state index contributed by atoms with van der Waals surface area (Å²) in [5.74, 6) is 0.537. The summed E-state index contributed by atoms with van der Waals surface area (Å²) in [6.45, 7) is 2.03. The lowest BCUT2D eigenvalue weighted by Gasteiger charge is -2.20. The summed E-state index contributed by atoms with van der Waals surface area (Å²) < 4.78 is 42.7. The van der Waals surface area contributed by atoms with Crippen LogP contribution in [0, 0.1) is 6.92 Å². The van der Waals surface area contributed by atoms with Crippen molar-refractivity contribution in [1.82, 2.24) is 14.6 Å². The molecule has 5 nitrogen and oxygen atoms in total. The maximum absolute atomic E-state index is 12.4. The molecule has 0 aliphatic rings. The minimum atomic E-state index is -4.72. The number of nitrogens with zero attached hydrogens (tertiary/aromatic N) is 4. The van der Waals surface area contributed by atoms with E-state index in [0.29, 0.717) is 16.8 Å². The van der Waals surface area contributed by atoms with Crippen molar-refractivity contribution in [3.63, 3.8) is 0 Å². The predicted molar refractivity (Wildman–Crippen MR) is 104 cm³/mol. The highest BCUT2D eigenvalue weighted by Gasteiger charge is 2.31. The van der Waals surface area contributed by atoms with E-state index in [9.17, 15) is 13.2 Å². The van der Waals surface area contributed by atoms with Crippen LogP contribution in [-0.4, -0.2) is 28.0 Å². The highest BCUT2D eigenvalue weighted by Crippen LogP contribution is 2.31. The van der Waals surface area contributed by atoms with Gasteiger partial charge in [-0.3, -0.25) is 0 Å². The molecule has 0 saturated heterocycles. The number of fused-ring (bicyclic) bond motifs is 1. The van der Waals surface area contributed by atoms with Crippen molar-refractivity contribution in [1.29, 1.82) is 0 Å². The zero-order valence-electron chi connectivity index (χ0n) is 15.7. The Morgan fingerprint density at radius 3 is 2.48 bits per heavy atom. The molecule has 0 N–H and O–H groups in total. The Labute approximate surface area is 165 Å². The van der Waals surface area contributed by atoms with Crippen LogP contribution in [-0.2, 0) is 0 Å². The van der Waals surface area contributed by atoms with Crippen LogP contribution in [0.5, 0.6) is 5.75 Å². The first-order valence-electron chi connectivity index (χ1n) is 8.81. The highest BCUT2D eigenvalue weighted by molar-refractivity contribution is 5.79. The van der Waals surface area contributed by atoms with Crippen molar-refractivity contribution in [2.45, 2.75) is 13.3 Å². The molecule has 2 aromatic heterocycles. The van der Waals surface area contributed by atoms with Crippen LogP contribution in [0.1, 0.15) is 5.56 Å². The first kappa shape index (κ1) is 18.8. The number of hydrogen-bond donors (Lipinski definition) is 0. The molecule has 0 bridgehead atoms. The van der Waals surface area contributed by atoms with Crippen LogP contribution in [0.25, 0.3) is 16.8 Å². The van der Waals surface area contributed by atoms with Gasteiger partial charge < -0.3 is 9.64 Å². The molecular weight excluding hydrogens is 381 g/mol. The fourth-order valence-electron chi connectivity index (χ4n) is 3.14. The molecule has 0 fully saturated rings. The van der Waals surface area contributed by atoms with E-state index in [4.69, 9.17) is 0 Å². The SMILES string of the molecule is Cc1cccc(N(C)c2ccnc3c(-c4ccc(OC(F)(F)F)cc4)cnn23)c1. The highest BCUT2D eigenvalue weighted by atomic mass is 19.4. The minimum Gasteiger partial charge on any atom is -0.406 e. The molecule has 0 aliphatic heterocycles. The monoisotopic (exact) mass is 398 g/mol. The lowest BCUT2D eigenvalue weighted by Crippen LogP contribution is -2.16. The normalized spacial score (nSPS) is 11.6. The first-order valence-corrected chi connectivity index (χ1v) is 8.81. The molecule has 0 spiro atoms. The van der Waals surface area contributed by atoms with Crippen LogP contribution in [0.4, 0.5) is 24.7 Å². The van der Waals surface area contributed by atoms with Crippen LogP contribution in [0.2, 0.25) is 0 Å². The Hall–Kier alpha value is -3.55. The van der Waals surface area contributed by atoms with Crippen LogP contribution < -0.4 is 9.64 Å². The second kappa shape index (κ2) is 7.12. The number of ether oxygens (including phenoxy) is 1. The maximum Gasteiger partial charge on any atom is 0.573 e. The average molecular weight is 398 g/mol. The average Bonchev–Trinajstić information content (AvgIpc) is 3.11. The van der Waals surface area contributed by atoms with Gasteiger partial charge >= 0.3 is 6.36 Å². The lowest BCUT2D eigenvalue weighted by atomic mass is 10.1. The fourth-order valence-corrected chi connectivity index (χ4v) is 3.14. The summed E-state index contributed by atoms with van der Waals surface area (Å²) in [5.41, 5.74) is 4.15. The Kier molecular flexibility index (Phi) is 4.62. The van der Waals surface area contributed by atoms with Crippen molar-refractivity contribution < 1.29 is 17.9 Å². The third-order valence-electron chi connectivity index (χ3n) is 4.51. The number of aryl methyl sites for hydroxylation is 1.